The van der Waals surface area contributed by atoms with Gasteiger partial charge in [-0.3, -0.25) is 24.5 Å². The fourth-order valence-corrected chi connectivity index (χ4v) is 3.41. The number of benzene rings is 1. The SMILES string of the molecule is CC(=O)N(CC(=O)O)C1CCCN(C(=O)c2ccc([N+](=O)[O-])cc2C)CC1. The van der Waals surface area contributed by atoms with Gasteiger partial charge in [0.25, 0.3) is 11.6 Å². The topological polar surface area (TPSA) is 121 Å². The highest BCUT2D eigenvalue weighted by molar-refractivity contribution is 5.96. The number of hydrogen-bond donors (Lipinski definition) is 1. The van der Waals surface area contributed by atoms with Crippen LogP contribution in [-0.4, -0.2) is 63.3 Å². The molecule has 1 N–H and O–H groups in total. The molecule has 1 unspecified atom stereocenters. The van der Waals surface area contributed by atoms with Crippen molar-refractivity contribution < 1.29 is 24.4 Å². The third-order valence-electron chi connectivity index (χ3n) is 4.79. The number of aliphatic carboxylic acids is 1. The van der Waals surface area contributed by atoms with E-state index in [0.717, 1.165) is 0 Å². The summed E-state index contributed by atoms with van der Waals surface area (Å²) in [5.41, 5.74) is 0.880. The van der Waals surface area contributed by atoms with Gasteiger partial charge in [-0.15, -0.1) is 0 Å². The molecule has 9 nitrogen and oxygen atoms in total. The molecule has 2 amide bonds. The van der Waals surface area contributed by atoms with Gasteiger partial charge in [-0.1, -0.05) is 0 Å². The van der Waals surface area contributed by atoms with Crippen LogP contribution in [0.15, 0.2) is 18.2 Å². The summed E-state index contributed by atoms with van der Waals surface area (Å²) in [7, 11) is 0. The Labute approximate surface area is 156 Å². The lowest BCUT2D eigenvalue weighted by Crippen LogP contribution is -2.43. The van der Waals surface area contributed by atoms with E-state index < -0.39 is 10.9 Å². The van der Waals surface area contributed by atoms with Gasteiger partial charge in [0, 0.05) is 43.8 Å². The third kappa shape index (κ3) is 5.02. The van der Waals surface area contributed by atoms with Crippen molar-refractivity contribution >= 4 is 23.5 Å². The molecule has 0 aromatic heterocycles. The molecule has 0 aliphatic carbocycles. The van der Waals surface area contributed by atoms with E-state index in [1.165, 1.54) is 30.0 Å². The van der Waals surface area contributed by atoms with Crippen LogP contribution in [0.2, 0.25) is 0 Å². The maximum atomic E-state index is 12.8. The Bertz CT molecular complexity index is 763. The lowest BCUT2D eigenvalue weighted by molar-refractivity contribution is -0.384. The van der Waals surface area contributed by atoms with E-state index >= 15 is 0 Å². The predicted molar refractivity (Wildman–Crippen MR) is 96.4 cm³/mol. The predicted octanol–water partition coefficient (Wildman–Crippen LogP) is 1.83. The van der Waals surface area contributed by atoms with E-state index in [1.54, 1.807) is 11.8 Å². The molecule has 27 heavy (non-hydrogen) atoms. The average molecular weight is 377 g/mol. The maximum Gasteiger partial charge on any atom is 0.323 e. The third-order valence-corrected chi connectivity index (χ3v) is 4.79. The van der Waals surface area contributed by atoms with Crippen molar-refractivity contribution in [3.05, 3.63) is 39.4 Å². The number of carbonyl (C=O) groups excluding carboxylic acids is 2. The minimum atomic E-state index is -1.07. The largest absolute Gasteiger partial charge is 0.480 e. The molecule has 9 heteroatoms. The van der Waals surface area contributed by atoms with Crippen LogP contribution in [0.1, 0.15) is 42.1 Å². The molecule has 1 aromatic carbocycles. The first-order chi connectivity index (χ1) is 12.7. The standard InChI is InChI=1S/C18H23N3O6/c1-12-10-15(21(26)27)5-6-16(12)18(25)19-8-3-4-14(7-9-19)20(13(2)22)11-17(23)24/h5-6,10,14H,3-4,7-9,11H2,1-2H3,(H,23,24). The van der Waals surface area contributed by atoms with E-state index in [-0.39, 0.29) is 30.1 Å². The highest BCUT2D eigenvalue weighted by Gasteiger charge is 2.28. The van der Waals surface area contributed by atoms with Crippen molar-refractivity contribution in [3.8, 4) is 0 Å². The molecule has 1 heterocycles. The number of carbonyl (C=O) groups is 3. The zero-order valence-corrected chi connectivity index (χ0v) is 15.4. The molecule has 146 valence electrons. The summed E-state index contributed by atoms with van der Waals surface area (Å²) in [6, 6.07) is 3.92. The fraction of sp³-hybridized carbons (Fsp3) is 0.500. The molecule has 0 saturated carbocycles. The number of rotatable bonds is 5. The van der Waals surface area contributed by atoms with Crippen LogP contribution in [0.25, 0.3) is 0 Å². The molecular weight excluding hydrogens is 354 g/mol. The van der Waals surface area contributed by atoms with E-state index in [1.807, 2.05) is 0 Å². The molecule has 1 atom stereocenters. The Morgan fingerprint density at radius 2 is 2.00 bits per heavy atom. The number of carboxylic acid groups (broad SMARTS) is 1. The quantitative estimate of drug-likeness (QED) is 0.617. The minimum absolute atomic E-state index is 0.0641. The van der Waals surface area contributed by atoms with E-state index in [2.05, 4.69) is 0 Å². The van der Waals surface area contributed by atoms with E-state index in [0.29, 0.717) is 43.5 Å². The van der Waals surface area contributed by atoms with Gasteiger partial charge in [0.2, 0.25) is 5.91 Å². The van der Waals surface area contributed by atoms with Crippen molar-refractivity contribution in [1.29, 1.82) is 0 Å². The van der Waals surface area contributed by atoms with E-state index in [9.17, 15) is 24.5 Å². The molecule has 1 aliphatic rings. The molecule has 1 fully saturated rings. The number of likely N-dealkylation sites (tertiary alicyclic amines) is 1. The van der Waals surface area contributed by atoms with Crippen LogP contribution in [-0.2, 0) is 9.59 Å². The van der Waals surface area contributed by atoms with Crippen molar-refractivity contribution in [2.75, 3.05) is 19.6 Å². The number of nitro benzene ring substituents is 1. The fourth-order valence-electron chi connectivity index (χ4n) is 3.41. The zero-order valence-electron chi connectivity index (χ0n) is 15.4. The number of amides is 2. The molecular formula is C18H23N3O6. The summed E-state index contributed by atoms with van der Waals surface area (Å²) in [4.78, 5) is 49.0. The van der Waals surface area contributed by atoms with Crippen LogP contribution >= 0.6 is 0 Å². The lowest BCUT2D eigenvalue weighted by atomic mass is 10.1. The second-order valence-corrected chi connectivity index (χ2v) is 6.67. The highest BCUT2D eigenvalue weighted by atomic mass is 16.6. The van der Waals surface area contributed by atoms with Gasteiger partial charge < -0.3 is 14.9 Å². The summed E-state index contributed by atoms with van der Waals surface area (Å²) in [5.74, 6) is -1.58. The number of aryl methyl sites for hydroxylation is 1. The molecule has 0 bridgehead atoms. The molecule has 1 saturated heterocycles. The summed E-state index contributed by atoms with van der Waals surface area (Å²) < 4.78 is 0. The highest BCUT2D eigenvalue weighted by Crippen LogP contribution is 2.22. The van der Waals surface area contributed by atoms with Crippen molar-refractivity contribution in [3.63, 3.8) is 0 Å². The number of carboxylic acids is 1. The molecule has 1 aromatic rings. The van der Waals surface area contributed by atoms with Crippen molar-refractivity contribution in [2.45, 2.75) is 39.2 Å². The van der Waals surface area contributed by atoms with Gasteiger partial charge in [-0.25, -0.2) is 0 Å². The van der Waals surface area contributed by atoms with Gasteiger partial charge in [0.05, 0.1) is 4.92 Å². The van der Waals surface area contributed by atoms with Gasteiger partial charge in [0.15, 0.2) is 0 Å². The second-order valence-electron chi connectivity index (χ2n) is 6.67. The molecule has 1 aliphatic heterocycles. The summed E-state index contributed by atoms with van der Waals surface area (Å²) >= 11 is 0. The number of nitro groups is 1. The van der Waals surface area contributed by atoms with Crippen LogP contribution in [0.3, 0.4) is 0 Å². The molecule has 2 rings (SSSR count). The molecule has 0 spiro atoms. The van der Waals surface area contributed by atoms with Crippen molar-refractivity contribution in [2.24, 2.45) is 0 Å². The Kier molecular flexibility index (Phi) is 6.49. The first-order valence-electron chi connectivity index (χ1n) is 8.74. The average Bonchev–Trinajstić information content (AvgIpc) is 2.84. The van der Waals surface area contributed by atoms with Crippen LogP contribution in [0.5, 0.6) is 0 Å². The molecule has 0 radical (unpaired) electrons. The summed E-state index contributed by atoms with van der Waals surface area (Å²) in [5, 5.41) is 19.9. The van der Waals surface area contributed by atoms with Gasteiger partial charge in [-0.2, -0.15) is 0 Å². The Morgan fingerprint density at radius 3 is 2.56 bits per heavy atom. The van der Waals surface area contributed by atoms with Gasteiger partial charge in [0.1, 0.15) is 6.54 Å². The zero-order chi connectivity index (χ0) is 20.1. The van der Waals surface area contributed by atoms with E-state index in [4.69, 9.17) is 5.11 Å². The first kappa shape index (κ1) is 20.3. The Balaban J connectivity index is 2.11. The van der Waals surface area contributed by atoms with Crippen molar-refractivity contribution in [1.82, 2.24) is 9.80 Å². The second kappa shape index (κ2) is 8.61. The lowest BCUT2D eigenvalue weighted by Gasteiger charge is -2.29. The monoisotopic (exact) mass is 377 g/mol. The normalized spacial score (nSPS) is 17.1. The number of nitrogens with zero attached hydrogens (tertiary/aromatic N) is 3. The maximum absolute atomic E-state index is 12.8. The van der Waals surface area contributed by atoms with Gasteiger partial charge >= 0.3 is 5.97 Å². The van der Waals surface area contributed by atoms with Gasteiger partial charge in [-0.05, 0) is 37.8 Å². The van der Waals surface area contributed by atoms with Crippen LogP contribution in [0, 0.1) is 17.0 Å². The summed E-state index contributed by atoms with van der Waals surface area (Å²) in [6.45, 7) is 3.53. The number of non-ortho nitro benzene ring substituents is 1. The smallest absolute Gasteiger partial charge is 0.323 e. The van der Waals surface area contributed by atoms with Crippen LogP contribution < -0.4 is 0 Å². The summed E-state index contributed by atoms with van der Waals surface area (Å²) in [6.07, 6.45) is 1.76. The van der Waals surface area contributed by atoms with Crippen LogP contribution in [0.4, 0.5) is 5.69 Å². The Morgan fingerprint density at radius 1 is 1.30 bits per heavy atom. The number of hydrogen-bond acceptors (Lipinski definition) is 5. The minimum Gasteiger partial charge on any atom is -0.480 e. The Hall–Kier alpha value is -2.97. The first-order valence-corrected chi connectivity index (χ1v) is 8.74.